The van der Waals surface area contributed by atoms with Crippen molar-refractivity contribution in [3.05, 3.63) is 23.8 Å². The second kappa shape index (κ2) is 6.41. The van der Waals surface area contributed by atoms with Crippen LogP contribution in [0.5, 0.6) is 11.5 Å². The molecule has 5 heteroatoms. The number of nitrogens with zero attached hydrogens (tertiary/aromatic N) is 2. The Morgan fingerprint density at radius 3 is 2.58 bits per heavy atom. The molecule has 1 heterocycles. The molecule has 0 saturated carbocycles. The number of rotatable bonds is 4. The van der Waals surface area contributed by atoms with E-state index in [1.54, 1.807) is 14.2 Å². The fraction of sp³-hybridized carbons (Fsp3) is 0.500. The van der Waals surface area contributed by atoms with Crippen molar-refractivity contribution in [3.8, 4) is 17.6 Å². The Kier molecular flexibility index (Phi) is 4.61. The first-order valence-electron chi connectivity index (χ1n) is 6.36. The summed E-state index contributed by atoms with van der Waals surface area (Å²) in [6.45, 7) is 3.56. The third kappa shape index (κ3) is 2.98. The molecular formula is C14H19N3O2. The van der Waals surface area contributed by atoms with Crippen molar-refractivity contribution in [3.63, 3.8) is 0 Å². The summed E-state index contributed by atoms with van der Waals surface area (Å²) in [4.78, 5) is 2.17. The van der Waals surface area contributed by atoms with Gasteiger partial charge in [-0.05, 0) is 12.1 Å². The Labute approximate surface area is 113 Å². The summed E-state index contributed by atoms with van der Waals surface area (Å²) in [5.74, 6) is 1.43. The maximum absolute atomic E-state index is 9.48. The van der Waals surface area contributed by atoms with Gasteiger partial charge in [0, 0.05) is 37.8 Å². The van der Waals surface area contributed by atoms with Crippen LogP contribution in [0.1, 0.15) is 11.6 Å². The van der Waals surface area contributed by atoms with Crippen LogP contribution in [-0.2, 0) is 0 Å². The number of nitriles is 1. The molecule has 0 amide bonds. The van der Waals surface area contributed by atoms with Gasteiger partial charge < -0.3 is 14.8 Å². The van der Waals surface area contributed by atoms with Crippen molar-refractivity contribution in [1.82, 2.24) is 10.2 Å². The average molecular weight is 261 g/mol. The van der Waals surface area contributed by atoms with Crippen LogP contribution < -0.4 is 14.8 Å². The minimum absolute atomic E-state index is 0.275. The summed E-state index contributed by atoms with van der Waals surface area (Å²) in [7, 11) is 3.23. The van der Waals surface area contributed by atoms with Gasteiger partial charge in [0.25, 0.3) is 0 Å². The molecule has 19 heavy (non-hydrogen) atoms. The second-order valence-electron chi connectivity index (χ2n) is 4.43. The van der Waals surface area contributed by atoms with Crippen molar-refractivity contribution in [2.45, 2.75) is 6.04 Å². The van der Waals surface area contributed by atoms with E-state index in [0.717, 1.165) is 37.5 Å². The van der Waals surface area contributed by atoms with Crippen LogP contribution >= 0.6 is 0 Å². The Balaban J connectivity index is 2.29. The maximum Gasteiger partial charge on any atom is 0.128 e. The predicted molar refractivity (Wildman–Crippen MR) is 72.3 cm³/mol. The van der Waals surface area contributed by atoms with Gasteiger partial charge in [-0.1, -0.05) is 0 Å². The standard InChI is InChI=1S/C14H19N3O2/c1-18-11-3-4-12(14(9-11)19-2)13(10-15)17-7-5-16-6-8-17/h3-4,9,13,16H,5-8H2,1-2H3. The van der Waals surface area contributed by atoms with Crippen molar-refractivity contribution < 1.29 is 9.47 Å². The topological polar surface area (TPSA) is 57.5 Å². The monoisotopic (exact) mass is 261 g/mol. The fourth-order valence-electron chi connectivity index (χ4n) is 2.33. The first-order chi connectivity index (χ1) is 9.30. The SMILES string of the molecule is COc1ccc(C(C#N)N2CCNCC2)c(OC)c1. The number of methoxy groups -OCH3 is 2. The Morgan fingerprint density at radius 1 is 1.26 bits per heavy atom. The van der Waals surface area contributed by atoms with Crippen molar-refractivity contribution in [2.75, 3.05) is 40.4 Å². The number of ether oxygens (including phenoxy) is 2. The minimum Gasteiger partial charge on any atom is -0.497 e. The normalized spacial score (nSPS) is 17.5. The van der Waals surface area contributed by atoms with Gasteiger partial charge >= 0.3 is 0 Å². The number of hydrogen-bond donors (Lipinski definition) is 1. The lowest BCUT2D eigenvalue weighted by Gasteiger charge is -2.31. The highest BCUT2D eigenvalue weighted by Gasteiger charge is 2.24. The smallest absolute Gasteiger partial charge is 0.128 e. The second-order valence-corrected chi connectivity index (χ2v) is 4.43. The molecule has 5 nitrogen and oxygen atoms in total. The number of nitrogens with one attached hydrogen (secondary N) is 1. The lowest BCUT2D eigenvalue weighted by Crippen LogP contribution is -2.44. The molecule has 1 saturated heterocycles. The molecule has 1 fully saturated rings. The van der Waals surface area contributed by atoms with Crippen LogP contribution in [0.15, 0.2) is 18.2 Å². The van der Waals surface area contributed by atoms with E-state index in [4.69, 9.17) is 9.47 Å². The van der Waals surface area contributed by atoms with Gasteiger partial charge in [-0.15, -0.1) is 0 Å². The quantitative estimate of drug-likeness (QED) is 0.882. The fourth-order valence-corrected chi connectivity index (χ4v) is 2.33. The molecule has 1 aromatic rings. The third-order valence-electron chi connectivity index (χ3n) is 3.37. The molecule has 1 aliphatic rings. The van der Waals surface area contributed by atoms with Crippen molar-refractivity contribution in [1.29, 1.82) is 5.26 Å². The van der Waals surface area contributed by atoms with Gasteiger partial charge in [0.15, 0.2) is 0 Å². The van der Waals surface area contributed by atoms with Crippen LogP contribution in [0.4, 0.5) is 0 Å². The predicted octanol–water partition coefficient (Wildman–Crippen LogP) is 1.17. The number of piperazine rings is 1. The van der Waals surface area contributed by atoms with Gasteiger partial charge in [0.1, 0.15) is 17.5 Å². The minimum atomic E-state index is -0.275. The lowest BCUT2D eigenvalue weighted by molar-refractivity contribution is 0.204. The molecule has 0 aliphatic carbocycles. The Bertz CT molecular complexity index is 464. The molecule has 1 aliphatic heterocycles. The lowest BCUT2D eigenvalue weighted by atomic mass is 10.0. The highest BCUT2D eigenvalue weighted by Crippen LogP contribution is 2.32. The van der Waals surface area contributed by atoms with E-state index in [2.05, 4.69) is 16.3 Å². The molecule has 1 N–H and O–H groups in total. The number of benzene rings is 1. The molecule has 0 aromatic heterocycles. The Morgan fingerprint density at radius 2 is 2.00 bits per heavy atom. The van der Waals surface area contributed by atoms with Crippen LogP contribution in [-0.4, -0.2) is 45.3 Å². The van der Waals surface area contributed by atoms with Gasteiger partial charge in [0.2, 0.25) is 0 Å². The summed E-state index contributed by atoms with van der Waals surface area (Å²) in [5.41, 5.74) is 0.896. The van der Waals surface area contributed by atoms with E-state index in [1.807, 2.05) is 18.2 Å². The van der Waals surface area contributed by atoms with Gasteiger partial charge in [-0.3, -0.25) is 4.90 Å². The van der Waals surface area contributed by atoms with Crippen LogP contribution in [0.25, 0.3) is 0 Å². The van der Waals surface area contributed by atoms with E-state index < -0.39 is 0 Å². The van der Waals surface area contributed by atoms with Crippen LogP contribution in [0, 0.1) is 11.3 Å². The molecule has 1 aromatic carbocycles. The van der Waals surface area contributed by atoms with E-state index in [9.17, 15) is 5.26 Å². The van der Waals surface area contributed by atoms with Crippen LogP contribution in [0.2, 0.25) is 0 Å². The highest BCUT2D eigenvalue weighted by molar-refractivity contribution is 5.44. The largest absolute Gasteiger partial charge is 0.497 e. The van der Waals surface area contributed by atoms with E-state index in [1.165, 1.54) is 0 Å². The van der Waals surface area contributed by atoms with Gasteiger partial charge in [0.05, 0.1) is 20.3 Å². The molecule has 0 spiro atoms. The number of hydrogen-bond acceptors (Lipinski definition) is 5. The molecule has 0 bridgehead atoms. The summed E-state index contributed by atoms with van der Waals surface area (Å²) < 4.78 is 10.6. The highest BCUT2D eigenvalue weighted by atomic mass is 16.5. The zero-order chi connectivity index (χ0) is 13.7. The first kappa shape index (κ1) is 13.7. The van der Waals surface area contributed by atoms with Gasteiger partial charge in [-0.2, -0.15) is 5.26 Å². The first-order valence-corrected chi connectivity index (χ1v) is 6.36. The average Bonchev–Trinajstić information content (AvgIpc) is 2.49. The molecule has 102 valence electrons. The third-order valence-corrected chi connectivity index (χ3v) is 3.37. The summed E-state index contributed by atoms with van der Waals surface area (Å²) >= 11 is 0. The van der Waals surface area contributed by atoms with Gasteiger partial charge in [-0.25, -0.2) is 0 Å². The summed E-state index contributed by atoms with van der Waals surface area (Å²) in [6, 6.07) is 7.70. The van der Waals surface area contributed by atoms with E-state index in [-0.39, 0.29) is 6.04 Å². The molecule has 2 rings (SSSR count). The summed E-state index contributed by atoms with van der Waals surface area (Å²) in [6.07, 6.45) is 0. The summed E-state index contributed by atoms with van der Waals surface area (Å²) in [5, 5.41) is 12.8. The molecule has 1 atom stereocenters. The Hall–Kier alpha value is -1.77. The maximum atomic E-state index is 9.48. The molecule has 0 radical (unpaired) electrons. The van der Waals surface area contributed by atoms with E-state index >= 15 is 0 Å². The van der Waals surface area contributed by atoms with Crippen molar-refractivity contribution in [2.24, 2.45) is 0 Å². The van der Waals surface area contributed by atoms with Crippen molar-refractivity contribution >= 4 is 0 Å². The zero-order valence-electron chi connectivity index (χ0n) is 11.3. The molecular weight excluding hydrogens is 242 g/mol. The zero-order valence-corrected chi connectivity index (χ0v) is 11.3. The van der Waals surface area contributed by atoms with E-state index in [0.29, 0.717) is 5.75 Å². The van der Waals surface area contributed by atoms with Crippen LogP contribution in [0.3, 0.4) is 0 Å². The molecule has 1 unspecified atom stereocenters.